The van der Waals surface area contributed by atoms with Crippen molar-refractivity contribution < 1.29 is 13.9 Å². The van der Waals surface area contributed by atoms with Crippen molar-refractivity contribution >= 4 is 17.6 Å². The summed E-state index contributed by atoms with van der Waals surface area (Å²) in [4.78, 5) is 11.5. The molecule has 0 fully saturated rings. The highest BCUT2D eigenvalue weighted by molar-refractivity contribution is 6.30. The Morgan fingerprint density at radius 2 is 2.00 bits per heavy atom. The van der Waals surface area contributed by atoms with Gasteiger partial charge in [0, 0.05) is 5.02 Å². The molecule has 1 aromatic heterocycles. The number of carbonyl (C=O) groups excluding carboxylic acids is 1. The first-order valence-corrected chi connectivity index (χ1v) is 7.20. The van der Waals surface area contributed by atoms with E-state index in [4.69, 9.17) is 16.0 Å². The number of halogens is 1. The smallest absolute Gasteiger partial charge is 0.373 e. The Morgan fingerprint density at radius 1 is 1.29 bits per heavy atom. The molecule has 112 valence electrons. The average Bonchev–Trinajstić information content (AvgIpc) is 2.98. The molecule has 0 saturated carbocycles. The highest BCUT2D eigenvalue weighted by atomic mass is 35.5. The van der Waals surface area contributed by atoms with Crippen molar-refractivity contribution in [3.05, 3.63) is 58.5 Å². The zero-order chi connectivity index (χ0) is 15.2. The van der Waals surface area contributed by atoms with E-state index in [9.17, 15) is 4.79 Å². The Kier molecular flexibility index (Phi) is 5.42. The number of hydrogen-bond acceptors (Lipinski definition) is 4. The summed E-state index contributed by atoms with van der Waals surface area (Å²) in [6.45, 7) is 2.93. The van der Waals surface area contributed by atoms with Gasteiger partial charge in [-0.25, -0.2) is 4.79 Å². The SMILES string of the molecule is CCCNC(c1ccc(Cl)cc1)c1ccc(C(=O)OC)o1. The van der Waals surface area contributed by atoms with Gasteiger partial charge < -0.3 is 14.5 Å². The third kappa shape index (κ3) is 3.86. The first kappa shape index (κ1) is 15.6. The Labute approximate surface area is 129 Å². The first-order chi connectivity index (χ1) is 10.2. The lowest BCUT2D eigenvalue weighted by atomic mass is 10.0. The molecule has 1 atom stereocenters. The normalized spacial score (nSPS) is 12.1. The van der Waals surface area contributed by atoms with Crippen molar-refractivity contribution in [1.29, 1.82) is 0 Å². The van der Waals surface area contributed by atoms with Crippen LogP contribution in [0.1, 0.15) is 41.3 Å². The van der Waals surface area contributed by atoms with Crippen molar-refractivity contribution in [2.24, 2.45) is 0 Å². The maximum Gasteiger partial charge on any atom is 0.373 e. The number of ether oxygens (including phenoxy) is 1. The van der Waals surface area contributed by atoms with Crippen molar-refractivity contribution in [3.63, 3.8) is 0 Å². The van der Waals surface area contributed by atoms with Crippen LogP contribution in [0.4, 0.5) is 0 Å². The van der Waals surface area contributed by atoms with Crippen molar-refractivity contribution in [2.75, 3.05) is 13.7 Å². The number of methoxy groups -OCH3 is 1. The number of benzene rings is 1. The number of furan rings is 1. The van der Waals surface area contributed by atoms with Crippen LogP contribution in [0, 0.1) is 0 Å². The van der Waals surface area contributed by atoms with Gasteiger partial charge in [-0.05, 0) is 42.8 Å². The van der Waals surface area contributed by atoms with Gasteiger partial charge in [0.1, 0.15) is 5.76 Å². The molecule has 4 nitrogen and oxygen atoms in total. The molecular weight excluding hydrogens is 290 g/mol. The Balaban J connectivity index is 2.29. The molecule has 1 unspecified atom stereocenters. The maximum atomic E-state index is 11.5. The fourth-order valence-electron chi connectivity index (χ4n) is 2.04. The summed E-state index contributed by atoms with van der Waals surface area (Å²) in [5.41, 5.74) is 1.03. The second kappa shape index (κ2) is 7.29. The maximum absolute atomic E-state index is 11.5. The summed E-state index contributed by atoms with van der Waals surface area (Å²) >= 11 is 5.93. The fourth-order valence-corrected chi connectivity index (χ4v) is 2.17. The fraction of sp³-hybridized carbons (Fsp3) is 0.312. The standard InChI is InChI=1S/C16H18ClNO3/c1-3-10-18-15(11-4-6-12(17)7-5-11)13-8-9-14(21-13)16(19)20-2/h4-9,15,18H,3,10H2,1-2H3. The van der Waals surface area contributed by atoms with Crippen LogP contribution >= 0.6 is 11.6 Å². The minimum absolute atomic E-state index is 0.124. The summed E-state index contributed by atoms with van der Waals surface area (Å²) in [6.07, 6.45) is 0.995. The van der Waals surface area contributed by atoms with Gasteiger partial charge in [-0.15, -0.1) is 0 Å². The zero-order valence-corrected chi connectivity index (χ0v) is 12.8. The number of nitrogens with one attached hydrogen (secondary N) is 1. The van der Waals surface area contributed by atoms with Gasteiger partial charge in [-0.3, -0.25) is 0 Å². The molecule has 0 aliphatic carbocycles. The van der Waals surface area contributed by atoms with Gasteiger partial charge in [0.05, 0.1) is 13.2 Å². The van der Waals surface area contributed by atoms with E-state index in [1.807, 2.05) is 24.3 Å². The summed E-state index contributed by atoms with van der Waals surface area (Å²) in [6, 6.07) is 10.8. The molecular formula is C16H18ClNO3. The molecule has 0 aliphatic rings. The third-order valence-electron chi connectivity index (χ3n) is 3.10. The van der Waals surface area contributed by atoms with Crippen LogP contribution in [0.2, 0.25) is 5.02 Å². The second-order valence-corrected chi connectivity index (χ2v) is 5.07. The van der Waals surface area contributed by atoms with E-state index < -0.39 is 5.97 Å². The minimum Gasteiger partial charge on any atom is -0.463 e. The molecule has 0 aliphatic heterocycles. The van der Waals surface area contributed by atoms with E-state index in [2.05, 4.69) is 17.0 Å². The summed E-state index contributed by atoms with van der Waals surface area (Å²) < 4.78 is 10.3. The molecule has 1 aromatic carbocycles. The lowest BCUT2D eigenvalue weighted by Gasteiger charge is -2.16. The first-order valence-electron chi connectivity index (χ1n) is 6.82. The summed E-state index contributed by atoms with van der Waals surface area (Å²) in [5, 5.41) is 4.09. The minimum atomic E-state index is -0.480. The van der Waals surface area contributed by atoms with Gasteiger partial charge in [0.25, 0.3) is 0 Å². The van der Waals surface area contributed by atoms with E-state index in [1.165, 1.54) is 7.11 Å². The highest BCUT2D eigenvalue weighted by Crippen LogP contribution is 2.25. The number of esters is 1. The molecule has 2 rings (SSSR count). The highest BCUT2D eigenvalue weighted by Gasteiger charge is 2.19. The summed E-state index contributed by atoms with van der Waals surface area (Å²) in [7, 11) is 1.33. The zero-order valence-electron chi connectivity index (χ0n) is 12.1. The van der Waals surface area contributed by atoms with Crippen LogP contribution < -0.4 is 5.32 Å². The quantitative estimate of drug-likeness (QED) is 0.825. The van der Waals surface area contributed by atoms with Crippen LogP contribution in [-0.4, -0.2) is 19.6 Å². The van der Waals surface area contributed by atoms with Gasteiger partial charge in [-0.1, -0.05) is 30.7 Å². The Morgan fingerprint density at radius 3 is 2.62 bits per heavy atom. The third-order valence-corrected chi connectivity index (χ3v) is 3.35. The van der Waals surface area contributed by atoms with Crippen LogP contribution in [0.3, 0.4) is 0 Å². The molecule has 0 amide bonds. The Hall–Kier alpha value is -1.78. The molecule has 0 bridgehead atoms. The van der Waals surface area contributed by atoms with E-state index in [0.29, 0.717) is 10.8 Å². The monoisotopic (exact) mass is 307 g/mol. The predicted octanol–water partition coefficient (Wildman–Crippen LogP) is 3.81. The topological polar surface area (TPSA) is 51.5 Å². The van der Waals surface area contributed by atoms with Crippen molar-refractivity contribution in [2.45, 2.75) is 19.4 Å². The lowest BCUT2D eigenvalue weighted by Crippen LogP contribution is -2.22. The van der Waals surface area contributed by atoms with Crippen LogP contribution in [0.15, 0.2) is 40.8 Å². The molecule has 0 spiro atoms. The van der Waals surface area contributed by atoms with Crippen molar-refractivity contribution in [3.8, 4) is 0 Å². The van der Waals surface area contributed by atoms with Gasteiger partial charge in [-0.2, -0.15) is 0 Å². The van der Waals surface area contributed by atoms with Gasteiger partial charge >= 0.3 is 5.97 Å². The van der Waals surface area contributed by atoms with E-state index in [0.717, 1.165) is 18.5 Å². The van der Waals surface area contributed by atoms with Crippen molar-refractivity contribution in [1.82, 2.24) is 5.32 Å². The van der Waals surface area contributed by atoms with E-state index in [1.54, 1.807) is 12.1 Å². The molecule has 21 heavy (non-hydrogen) atoms. The molecule has 5 heteroatoms. The number of hydrogen-bond donors (Lipinski definition) is 1. The second-order valence-electron chi connectivity index (χ2n) is 4.63. The lowest BCUT2D eigenvalue weighted by molar-refractivity contribution is 0.0562. The number of carbonyl (C=O) groups is 1. The van der Waals surface area contributed by atoms with Gasteiger partial charge in [0.15, 0.2) is 0 Å². The van der Waals surface area contributed by atoms with Crippen LogP contribution in [0.25, 0.3) is 0 Å². The number of rotatable bonds is 6. The van der Waals surface area contributed by atoms with Crippen LogP contribution in [0.5, 0.6) is 0 Å². The molecule has 1 heterocycles. The van der Waals surface area contributed by atoms with Gasteiger partial charge in [0.2, 0.25) is 5.76 Å². The largest absolute Gasteiger partial charge is 0.463 e. The Bertz CT molecular complexity index is 592. The summed E-state index contributed by atoms with van der Waals surface area (Å²) in [5.74, 6) is 0.391. The molecule has 1 N–H and O–H groups in total. The van der Waals surface area contributed by atoms with Crippen LogP contribution in [-0.2, 0) is 4.74 Å². The molecule has 0 radical (unpaired) electrons. The van der Waals surface area contributed by atoms with E-state index >= 15 is 0 Å². The van der Waals surface area contributed by atoms with E-state index in [-0.39, 0.29) is 11.8 Å². The molecule has 2 aromatic rings. The molecule has 0 saturated heterocycles. The predicted molar refractivity (Wildman–Crippen MR) is 81.6 cm³/mol. The average molecular weight is 308 g/mol.